The minimum atomic E-state index is -4.51. The van der Waals surface area contributed by atoms with Crippen LogP contribution in [-0.2, 0) is 10.1 Å². The molecule has 1 unspecified atom stereocenters. The Labute approximate surface area is 199 Å². The molecule has 0 fully saturated rings. The molecule has 1 heterocycles. The van der Waals surface area contributed by atoms with Crippen LogP contribution in [0.15, 0.2) is 24.3 Å². The molecule has 0 aliphatic heterocycles. The first-order valence-corrected chi connectivity index (χ1v) is 14.2. The Hall–Kier alpha value is -1.31. The van der Waals surface area contributed by atoms with Crippen molar-refractivity contribution in [1.82, 2.24) is 9.97 Å². The molecule has 2 aromatic rings. The first-order chi connectivity index (χ1) is 15.4. The number of fused-ring (bicyclic) bond motifs is 1. The van der Waals surface area contributed by atoms with Gasteiger partial charge < -0.3 is 9.54 Å². The lowest BCUT2D eigenvalue weighted by atomic mass is 10.0. The second kappa shape index (κ2) is 14.8. The monoisotopic (exact) mass is 479 g/mol. The van der Waals surface area contributed by atoms with Crippen LogP contribution in [0, 0.1) is 4.64 Å². The third-order valence-electron chi connectivity index (χ3n) is 6.12. The molecule has 0 bridgehead atoms. The van der Waals surface area contributed by atoms with Crippen molar-refractivity contribution in [3.63, 3.8) is 0 Å². The molecule has 5 nitrogen and oxygen atoms in total. The van der Waals surface area contributed by atoms with Gasteiger partial charge in [0.2, 0.25) is 0 Å². The summed E-state index contributed by atoms with van der Waals surface area (Å²) in [5, 5.41) is -0.420. The number of nitrogens with zero attached hydrogens (tertiary/aromatic N) is 1. The highest BCUT2D eigenvalue weighted by atomic mass is 32.2. The summed E-state index contributed by atoms with van der Waals surface area (Å²) in [4.78, 5) is 7.25. The van der Waals surface area contributed by atoms with E-state index in [0.717, 1.165) is 18.2 Å². The molecule has 180 valence electrons. The summed E-state index contributed by atoms with van der Waals surface area (Å²) in [5.74, 6) is 0.165. The second-order valence-corrected chi connectivity index (χ2v) is 10.8. The standard InChI is InChI=1S/C25H40N2O3S2/c1-2-3-4-5-6-7-8-9-10-11-12-13-14-15-20-23(32(28,29)30)24-26-22-19-17-16-18-21(22)25(31)27-24/h16-19,23H,2-15,20H2,1H3,(H,26,27,31)(H,28,29,30)/p-1. The molecule has 1 atom stereocenters. The predicted molar refractivity (Wildman–Crippen MR) is 134 cm³/mol. The molecule has 7 heteroatoms. The van der Waals surface area contributed by atoms with Gasteiger partial charge in [-0.2, -0.15) is 0 Å². The van der Waals surface area contributed by atoms with Gasteiger partial charge in [-0.15, -0.1) is 0 Å². The molecular formula is C25H39N2O3S2-. The second-order valence-electron chi connectivity index (χ2n) is 8.84. The van der Waals surface area contributed by atoms with Crippen molar-refractivity contribution >= 4 is 33.2 Å². The van der Waals surface area contributed by atoms with Crippen LogP contribution >= 0.6 is 12.2 Å². The Kier molecular flexibility index (Phi) is 12.4. The summed E-state index contributed by atoms with van der Waals surface area (Å²) in [6.07, 6.45) is 17.5. The van der Waals surface area contributed by atoms with Crippen molar-refractivity contribution in [2.45, 2.75) is 108 Å². The summed E-state index contributed by atoms with van der Waals surface area (Å²) in [6, 6.07) is 7.34. The number of nitrogens with one attached hydrogen (secondary N) is 1. The van der Waals surface area contributed by atoms with Crippen LogP contribution in [0.2, 0.25) is 0 Å². The fourth-order valence-electron chi connectivity index (χ4n) is 4.21. The maximum atomic E-state index is 11.9. The van der Waals surface area contributed by atoms with Gasteiger partial charge in [0.1, 0.15) is 25.8 Å². The lowest BCUT2D eigenvalue weighted by molar-refractivity contribution is 0.437. The van der Waals surface area contributed by atoms with E-state index in [2.05, 4.69) is 16.9 Å². The summed E-state index contributed by atoms with van der Waals surface area (Å²) >= 11 is 5.30. The molecule has 0 saturated carbocycles. The largest absolute Gasteiger partial charge is 0.747 e. The van der Waals surface area contributed by atoms with E-state index in [1.807, 2.05) is 24.3 Å². The quantitative estimate of drug-likeness (QED) is 0.142. The van der Waals surface area contributed by atoms with Crippen LogP contribution in [0.5, 0.6) is 0 Å². The van der Waals surface area contributed by atoms with Crippen LogP contribution in [0.3, 0.4) is 0 Å². The van der Waals surface area contributed by atoms with Crippen molar-refractivity contribution in [2.24, 2.45) is 0 Å². The minimum Gasteiger partial charge on any atom is -0.747 e. The molecule has 0 amide bonds. The molecule has 1 aromatic carbocycles. The number of hydrogen-bond donors (Lipinski definition) is 1. The zero-order chi connectivity index (χ0) is 23.2. The van der Waals surface area contributed by atoms with Gasteiger partial charge in [-0.1, -0.05) is 121 Å². The summed E-state index contributed by atoms with van der Waals surface area (Å²) < 4.78 is 36.0. The fourth-order valence-corrected chi connectivity index (χ4v) is 5.33. The fraction of sp³-hybridized carbons (Fsp3) is 0.680. The lowest BCUT2D eigenvalue weighted by Crippen LogP contribution is -2.16. The van der Waals surface area contributed by atoms with Crippen molar-refractivity contribution in [3.05, 3.63) is 34.7 Å². The number of aromatic nitrogens is 2. The number of aromatic amines is 1. The summed E-state index contributed by atoms with van der Waals surface area (Å²) in [6.45, 7) is 2.25. The third kappa shape index (κ3) is 9.67. The van der Waals surface area contributed by atoms with Gasteiger partial charge in [-0.3, -0.25) is 0 Å². The van der Waals surface area contributed by atoms with E-state index < -0.39 is 15.4 Å². The Bertz CT molecular complexity index is 957. The smallest absolute Gasteiger partial charge is 0.137 e. The third-order valence-corrected chi connectivity index (χ3v) is 7.58. The maximum absolute atomic E-state index is 11.9. The van der Waals surface area contributed by atoms with E-state index in [9.17, 15) is 13.0 Å². The molecule has 0 radical (unpaired) electrons. The highest BCUT2D eigenvalue weighted by Crippen LogP contribution is 2.27. The zero-order valence-corrected chi connectivity index (χ0v) is 21.1. The van der Waals surface area contributed by atoms with Crippen molar-refractivity contribution < 1.29 is 13.0 Å². The van der Waals surface area contributed by atoms with Crippen LogP contribution in [0.4, 0.5) is 0 Å². The molecule has 1 aromatic heterocycles. The Morgan fingerprint density at radius 2 is 1.38 bits per heavy atom. The van der Waals surface area contributed by atoms with Gasteiger partial charge in [0.25, 0.3) is 0 Å². The normalized spacial score (nSPS) is 12.9. The van der Waals surface area contributed by atoms with E-state index in [1.165, 1.54) is 70.6 Å². The molecule has 0 aliphatic carbocycles. The van der Waals surface area contributed by atoms with E-state index in [1.54, 1.807) is 0 Å². The molecule has 0 spiro atoms. The van der Waals surface area contributed by atoms with Crippen molar-refractivity contribution in [1.29, 1.82) is 0 Å². The van der Waals surface area contributed by atoms with Crippen molar-refractivity contribution in [2.75, 3.05) is 0 Å². The summed E-state index contributed by atoms with van der Waals surface area (Å²) in [7, 11) is -4.51. The number of unbranched alkanes of at least 4 members (excludes halogenated alkanes) is 13. The topological polar surface area (TPSA) is 85.9 Å². The Morgan fingerprint density at radius 1 is 0.875 bits per heavy atom. The number of rotatable bonds is 17. The van der Waals surface area contributed by atoms with Gasteiger partial charge in [0.05, 0.1) is 0 Å². The van der Waals surface area contributed by atoms with E-state index in [0.29, 0.717) is 16.6 Å². The van der Waals surface area contributed by atoms with Gasteiger partial charge >= 0.3 is 0 Å². The number of H-pyrrole nitrogens is 1. The Morgan fingerprint density at radius 3 is 1.91 bits per heavy atom. The van der Waals surface area contributed by atoms with Crippen LogP contribution in [0.25, 0.3) is 10.9 Å². The van der Waals surface area contributed by atoms with E-state index in [-0.39, 0.29) is 12.2 Å². The van der Waals surface area contributed by atoms with Crippen LogP contribution in [-0.4, -0.2) is 22.9 Å². The highest BCUT2D eigenvalue weighted by molar-refractivity contribution is 7.86. The van der Waals surface area contributed by atoms with Crippen LogP contribution in [0.1, 0.15) is 114 Å². The molecule has 0 saturated heterocycles. The van der Waals surface area contributed by atoms with Gasteiger partial charge in [0, 0.05) is 10.9 Å². The number of para-hydroxylation sites is 1. The molecule has 2 rings (SSSR count). The van der Waals surface area contributed by atoms with Crippen molar-refractivity contribution in [3.8, 4) is 0 Å². The molecule has 0 aliphatic rings. The van der Waals surface area contributed by atoms with Crippen LogP contribution < -0.4 is 0 Å². The van der Waals surface area contributed by atoms with E-state index in [4.69, 9.17) is 12.2 Å². The molecule has 1 N–H and O–H groups in total. The minimum absolute atomic E-state index is 0.165. The lowest BCUT2D eigenvalue weighted by Gasteiger charge is -2.20. The predicted octanol–water partition coefficient (Wildman–Crippen LogP) is 7.75. The number of hydrogen-bond acceptors (Lipinski definition) is 5. The molecule has 32 heavy (non-hydrogen) atoms. The SMILES string of the molecule is CCCCCCCCCCCCCCCCC(c1nc(=S)c2ccccc2[nH]1)S(=O)(=O)[O-]. The van der Waals surface area contributed by atoms with Gasteiger partial charge in [0.15, 0.2) is 0 Å². The van der Waals surface area contributed by atoms with Gasteiger partial charge in [-0.05, 0) is 18.6 Å². The Balaban J connectivity index is 1.67. The van der Waals surface area contributed by atoms with Gasteiger partial charge in [-0.25, -0.2) is 13.4 Å². The molecular weight excluding hydrogens is 440 g/mol. The maximum Gasteiger partial charge on any atom is 0.137 e. The highest BCUT2D eigenvalue weighted by Gasteiger charge is 2.21. The first-order valence-electron chi connectivity index (χ1n) is 12.4. The number of benzene rings is 1. The van der Waals surface area contributed by atoms with E-state index >= 15 is 0 Å². The zero-order valence-electron chi connectivity index (χ0n) is 19.5. The first kappa shape index (κ1) is 26.9. The summed E-state index contributed by atoms with van der Waals surface area (Å²) in [5.41, 5.74) is 0.706. The average Bonchev–Trinajstić information content (AvgIpc) is 2.75. The average molecular weight is 480 g/mol.